The molecule has 1 fully saturated rings. The first-order chi connectivity index (χ1) is 13.4. The highest BCUT2D eigenvalue weighted by molar-refractivity contribution is 5.92. The molecule has 0 bridgehead atoms. The van der Waals surface area contributed by atoms with E-state index in [-0.39, 0.29) is 29.9 Å². The molecule has 152 valence electrons. The normalized spacial score (nSPS) is 16.2. The Morgan fingerprint density at radius 3 is 2.43 bits per heavy atom. The van der Waals surface area contributed by atoms with Crippen molar-refractivity contribution in [3.05, 3.63) is 36.9 Å². The lowest BCUT2D eigenvalue weighted by Gasteiger charge is -2.32. The van der Waals surface area contributed by atoms with Gasteiger partial charge in [-0.15, -0.1) is 6.58 Å². The molecule has 0 spiro atoms. The summed E-state index contributed by atoms with van der Waals surface area (Å²) >= 11 is 0. The number of anilines is 2. The lowest BCUT2D eigenvalue weighted by atomic mass is 9.97. The van der Waals surface area contributed by atoms with Crippen molar-refractivity contribution in [3.8, 4) is 0 Å². The highest BCUT2D eigenvalue weighted by Crippen LogP contribution is 2.19. The minimum Gasteiger partial charge on any atom is -0.352 e. The van der Waals surface area contributed by atoms with Crippen molar-refractivity contribution in [1.29, 1.82) is 0 Å². The number of hydrogen-bond donors (Lipinski definition) is 4. The van der Waals surface area contributed by atoms with Gasteiger partial charge in [-0.05, 0) is 51.0 Å². The number of likely N-dealkylation sites (tertiary alicyclic amines) is 1. The molecule has 1 aromatic carbocycles. The highest BCUT2D eigenvalue weighted by atomic mass is 16.2. The molecule has 1 aliphatic heterocycles. The third kappa shape index (κ3) is 6.61. The van der Waals surface area contributed by atoms with Gasteiger partial charge in [-0.25, -0.2) is 9.59 Å². The number of carbonyl (C=O) groups excluding carboxylic acids is 3. The van der Waals surface area contributed by atoms with E-state index in [1.165, 1.54) is 0 Å². The van der Waals surface area contributed by atoms with E-state index in [4.69, 9.17) is 0 Å². The first kappa shape index (κ1) is 21.3. The number of benzene rings is 1. The molecule has 8 nitrogen and oxygen atoms in total. The van der Waals surface area contributed by atoms with Gasteiger partial charge in [0.1, 0.15) is 0 Å². The van der Waals surface area contributed by atoms with Crippen LogP contribution >= 0.6 is 0 Å². The standard InChI is InChI=1S/C20H29N5O3/c1-4-11-21-18(26)15-6-5-12-25(13-15)20(28)24-17-9-7-16(8-10-17)23-19(27)22-14(2)3/h4,7-10,14-15H,1,5-6,11-13H2,2-3H3,(H,21,26)(H,24,28)(H2,22,23,27)/t15-/m1/s1. The number of nitrogens with one attached hydrogen (secondary N) is 4. The van der Waals surface area contributed by atoms with Crippen LogP contribution in [0.1, 0.15) is 26.7 Å². The van der Waals surface area contributed by atoms with Crippen molar-refractivity contribution in [2.75, 3.05) is 30.3 Å². The largest absolute Gasteiger partial charge is 0.352 e. The van der Waals surface area contributed by atoms with Gasteiger partial charge in [0.2, 0.25) is 5.91 Å². The molecule has 1 aliphatic rings. The monoisotopic (exact) mass is 387 g/mol. The lowest BCUT2D eigenvalue weighted by molar-refractivity contribution is -0.126. The van der Waals surface area contributed by atoms with Gasteiger partial charge in [0, 0.05) is 37.1 Å². The van der Waals surface area contributed by atoms with Crippen LogP contribution in [0.25, 0.3) is 0 Å². The Hall–Kier alpha value is -3.03. The number of piperidine rings is 1. The third-order valence-electron chi connectivity index (χ3n) is 4.31. The van der Waals surface area contributed by atoms with E-state index in [0.29, 0.717) is 31.0 Å². The summed E-state index contributed by atoms with van der Waals surface area (Å²) in [6.07, 6.45) is 3.19. The number of rotatable bonds is 6. The molecular formula is C20H29N5O3. The average molecular weight is 387 g/mol. The maximum absolute atomic E-state index is 12.5. The van der Waals surface area contributed by atoms with Crippen molar-refractivity contribution in [1.82, 2.24) is 15.5 Å². The quantitative estimate of drug-likeness (QED) is 0.564. The van der Waals surface area contributed by atoms with E-state index in [0.717, 1.165) is 12.8 Å². The zero-order valence-corrected chi connectivity index (χ0v) is 16.5. The van der Waals surface area contributed by atoms with Crippen LogP contribution in [0.15, 0.2) is 36.9 Å². The Morgan fingerprint density at radius 1 is 1.18 bits per heavy atom. The molecule has 0 aliphatic carbocycles. The van der Waals surface area contributed by atoms with Crippen molar-refractivity contribution in [2.45, 2.75) is 32.7 Å². The Labute approximate surface area is 165 Å². The Morgan fingerprint density at radius 2 is 1.82 bits per heavy atom. The van der Waals surface area contributed by atoms with Gasteiger partial charge in [-0.2, -0.15) is 0 Å². The molecule has 5 amide bonds. The molecule has 1 aromatic rings. The molecule has 0 saturated carbocycles. The first-order valence-corrected chi connectivity index (χ1v) is 9.51. The van der Waals surface area contributed by atoms with E-state index in [1.807, 2.05) is 13.8 Å². The van der Waals surface area contributed by atoms with Crippen LogP contribution in [-0.2, 0) is 4.79 Å². The summed E-state index contributed by atoms with van der Waals surface area (Å²) in [5, 5.41) is 11.1. The average Bonchev–Trinajstić information content (AvgIpc) is 2.67. The summed E-state index contributed by atoms with van der Waals surface area (Å²) < 4.78 is 0. The van der Waals surface area contributed by atoms with Gasteiger partial charge in [0.25, 0.3) is 0 Å². The van der Waals surface area contributed by atoms with Crippen LogP contribution in [0.2, 0.25) is 0 Å². The molecule has 0 unspecified atom stereocenters. The molecule has 2 rings (SSSR count). The number of carbonyl (C=O) groups is 3. The molecule has 28 heavy (non-hydrogen) atoms. The predicted octanol–water partition coefficient (Wildman–Crippen LogP) is 2.76. The molecule has 1 heterocycles. The summed E-state index contributed by atoms with van der Waals surface area (Å²) in [5.41, 5.74) is 1.26. The maximum atomic E-state index is 12.5. The summed E-state index contributed by atoms with van der Waals surface area (Å²) in [6.45, 7) is 8.79. The van der Waals surface area contributed by atoms with E-state index >= 15 is 0 Å². The highest BCUT2D eigenvalue weighted by Gasteiger charge is 2.28. The summed E-state index contributed by atoms with van der Waals surface area (Å²) in [5.74, 6) is -0.252. The fraction of sp³-hybridized carbons (Fsp3) is 0.450. The fourth-order valence-corrected chi connectivity index (χ4v) is 2.96. The zero-order valence-electron chi connectivity index (χ0n) is 16.5. The molecule has 4 N–H and O–H groups in total. The number of urea groups is 2. The van der Waals surface area contributed by atoms with Crippen molar-refractivity contribution in [2.24, 2.45) is 5.92 Å². The molecule has 0 aromatic heterocycles. The summed E-state index contributed by atoms with van der Waals surface area (Å²) in [6, 6.07) is 6.42. The minimum atomic E-state index is -0.277. The van der Waals surface area contributed by atoms with E-state index in [2.05, 4.69) is 27.8 Å². The van der Waals surface area contributed by atoms with Gasteiger partial charge in [-0.1, -0.05) is 6.08 Å². The van der Waals surface area contributed by atoms with Crippen LogP contribution < -0.4 is 21.3 Å². The van der Waals surface area contributed by atoms with Crippen LogP contribution in [0, 0.1) is 5.92 Å². The zero-order chi connectivity index (χ0) is 20.5. The number of amides is 5. The number of hydrogen-bond acceptors (Lipinski definition) is 3. The molecule has 0 radical (unpaired) electrons. The Kier molecular flexibility index (Phi) is 7.86. The fourth-order valence-electron chi connectivity index (χ4n) is 2.96. The summed E-state index contributed by atoms with van der Waals surface area (Å²) in [7, 11) is 0. The third-order valence-corrected chi connectivity index (χ3v) is 4.31. The van der Waals surface area contributed by atoms with Gasteiger partial charge in [0.05, 0.1) is 5.92 Å². The van der Waals surface area contributed by atoms with Gasteiger partial charge in [0.15, 0.2) is 0 Å². The maximum Gasteiger partial charge on any atom is 0.321 e. The van der Waals surface area contributed by atoms with Gasteiger partial charge < -0.3 is 26.2 Å². The SMILES string of the molecule is C=CCNC(=O)[C@@H]1CCCN(C(=O)Nc2ccc(NC(=O)NC(C)C)cc2)C1. The molecule has 1 atom stereocenters. The smallest absolute Gasteiger partial charge is 0.321 e. The predicted molar refractivity (Wildman–Crippen MR) is 110 cm³/mol. The topological polar surface area (TPSA) is 103 Å². The van der Waals surface area contributed by atoms with Crippen LogP contribution in [-0.4, -0.2) is 48.5 Å². The van der Waals surface area contributed by atoms with Crippen LogP contribution in [0.4, 0.5) is 21.0 Å². The van der Waals surface area contributed by atoms with E-state index in [1.54, 1.807) is 35.2 Å². The van der Waals surface area contributed by atoms with E-state index in [9.17, 15) is 14.4 Å². The second-order valence-corrected chi connectivity index (χ2v) is 7.08. The molecular weight excluding hydrogens is 358 g/mol. The Balaban J connectivity index is 1.87. The Bertz CT molecular complexity index is 702. The summed E-state index contributed by atoms with van der Waals surface area (Å²) in [4.78, 5) is 38.0. The lowest BCUT2D eigenvalue weighted by Crippen LogP contribution is -2.46. The van der Waals surface area contributed by atoms with Crippen molar-refractivity contribution < 1.29 is 14.4 Å². The van der Waals surface area contributed by atoms with Gasteiger partial charge >= 0.3 is 12.1 Å². The number of nitrogens with zero attached hydrogens (tertiary/aromatic N) is 1. The van der Waals surface area contributed by atoms with Crippen LogP contribution in [0.5, 0.6) is 0 Å². The first-order valence-electron chi connectivity index (χ1n) is 9.51. The van der Waals surface area contributed by atoms with Gasteiger partial charge in [-0.3, -0.25) is 4.79 Å². The second kappa shape index (κ2) is 10.3. The van der Waals surface area contributed by atoms with Crippen LogP contribution in [0.3, 0.4) is 0 Å². The van der Waals surface area contributed by atoms with Crippen molar-refractivity contribution >= 4 is 29.3 Å². The van der Waals surface area contributed by atoms with E-state index < -0.39 is 0 Å². The van der Waals surface area contributed by atoms with Crippen molar-refractivity contribution in [3.63, 3.8) is 0 Å². The minimum absolute atomic E-state index is 0.0470. The molecule has 8 heteroatoms. The second-order valence-electron chi connectivity index (χ2n) is 7.08. The molecule has 1 saturated heterocycles.